The molecule has 0 radical (unpaired) electrons. The predicted octanol–water partition coefficient (Wildman–Crippen LogP) is 1.41. The summed E-state index contributed by atoms with van der Waals surface area (Å²) in [6.07, 6.45) is 6.93. The quantitative estimate of drug-likeness (QED) is 0.640. The highest BCUT2D eigenvalue weighted by molar-refractivity contribution is 4.94. The molecular formula is C9H14N2. The predicted molar refractivity (Wildman–Crippen MR) is 45.6 cm³/mol. The van der Waals surface area contributed by atoms with Crippen LogP contribution in [0.1, 0.15) is 18.9 Å². The summed E-state index contributed by atoms with van der Waals surface area (Å²) in [7, 11) is 0. The van der Waals surface area contributed by atoms with E-state index in [-0.39, 0.29) is 0 Å². The van der Waals surface area contributed by atoms with Gasteiger partial charge in [0.15, 0.2) is 0 Å². The number of nitrogens with zero attached hydrogens (tertiary/aromatic N) is 1. The van der Waals surface area contributed by atoms with Crippen LogP contribution >= 0.6 is 0 Å². The van der Waals surface area contributed by atoms with Crippen molar-refractivity contribution < 1.29 is 0 Å². The normalized spacial score (nSPS) is 25.3. The molecule has 1 aliphatic rings. The molecule has 1 aromatic heterocycles. The van der Waals surface area contributed by atoms with Gasteiger partial charge in [0.05, 0.1) is 0 Å². The van der Waals surface area contributed by atoms with E-state index < -0.39 is 0 Å². The van der Waals surface area contributed by atoms with E-state index in [4.69, 9.17) is 0 Å². The fourth-order valence-electron chi connectivity index (χ4n) is 1.68. The Morgan fingerprint density at radius 2 is 2.09 bits per heavy atom. The first kappa shape index (κ1) is 6.92. The van der Waals surface area contributed by atoms with E-state index in [0.29, 0.717) is 6.04 Å². The average Bonchev–Trinajstić information content (AvgIpc) is 2.58. The molecule has 0 aliphatic carbocycles. The van der Waals surface area contributed by atoms with Crippen LogP contribution in [0.15, 0.2) is 24.5 Å². The van der Waals surface area contributed by atoms with E-state index in [1.165, 1.54) is 19.4 Å². The second-order valence-corrected chi connectivity index (χ2v) is 3.13. The van der Waals surface area contributed by atoms with Crippen molar-refractivity contribution in [3.8, 4) is 0 Å². The van der Waals surface area contributed by atoms with Crippen molar-refractivity contribution >= 4 is 0 Å². The lowest BCUT2D eigenvalue weighted by molar-refractivity contribution is 0.372. The molecule has 2 heteroatoms. The molecule has 60 valence electrons. The van der Waals surface area contributed by atoms with Crippen LogP contribution in [0.25, 0.3) is 0 Å². The number of piperidine rings is 1. The van der Waals surface area contributed by atoms with E-state index in [9.17, 15) is 0 Å². The summed E-state index contributed by atoms with van der Waals surface area (Å²) >= 11 is 0. The monoisotopic (exact) mass is 150 g/mol. The van der Waals surface area contributed by atoms with Gasteiger partial charge < -0.3 is 9.88 Å². The van der Waals surface area contributed by atoms with Gasteiger partial charge >= 0.3 is 0 Å². The van der Waals surface area contributed by atoms with Crippen LogP contribution in [-0.2, 0) is 0 Å². The standard InChI is InChI=1S/C9H14N2/c1-2-7-11(6-1)9-4-3-5-10-8-9/h1-2,6-7,9-10H,3-5,8H2/t9-/m1/s1. The Morgan fingerprint density at radius 3 is 2.73 bits per heavy atom. The summed E-state index contributed by atoms with van der Waals surface area (Å²) in [5.74, 6) is 0. The molecule has 1 aromatic rings. The third kappa shape index (κ3) is 1.46. The van der Waals surface area contributed by atoms with Gasteiger partial charge in [-0.1, -0.05) is 0 Å². The van der Waals surface area contributed by atoms with Gasteiger partial charge in [0.25, 0.3) is 0 Å². The molecule has 2 rings (SSSR count). The molecule has 1 atom stereocenters. The van der Waals surface area contributed by atoms with Crippen molar-refractivity contribution in [1.29, 1.82) is 0 Å². The summed E-state index contributed by atoms with van der Waals surface area (Å²) in [6.45, 7) is 2.33. The zero-order valence-electron chi connectivity index (χ0n) is 6.66. The smallest absolute Gasteiger partial charge is 0.0455 e. The third-order valence-electron chi connectivity index (χ3n) is 2.32. The zero-order valence-corrected chi connectivity index (χ0v) is 6.66. The van der Waals surface area contributed by atoms with Gasteiger partial charge in [0.1, 0.15) is 0 Å². The Bertz CT molecular complexity index is 197. The van der Waals surface area contributed by atoms with E-state index >= 15 is 0 Å². The lowest BCUT2D eigenvalue weighted by Gasteiger charge is -2.24. The molecule has 2 heterocycles. The molecule has 1 aliphatic heterocycles. The van der Waals surface area contributed by atoms with Crippen LogP contribution in [0.3, 0.4) is 0 Å². The number of aromatic nitrogens is 1. The minimum absolute atomic E-state index is 0.693. The van der Waals surface area contributed by atoms with Crippen LogP contribution in [0.4, 0.5) is 0 Å². The Balaban J connectivity index is 2.04. The maximum absolute atomic E-state index is 3.40. The molecule has 2 nitrogen and oxygen atoms in total. The molecule has 1 fully saturated rings. The summed E-state index contributed by atoms with van der Waals surface area (Å²) in [4.78, 5) is 0. The van der Waals surface area contributed by atoms with Gasteiger partial charge in [-0.2, -0.15) is 0 Å². The van der Waals surface area contributed by atoms with Crippen LogP contribution in [0, 0.1) is 0 Å². The van der Waals surface area contributed by atoms with E-state index in [2.05, 4.69) is 34.4 Å². The number of hydrogen-bond acceptors (Lipinski definition) is 1. The van der Waals surface area contributed by atoms with Crippen molar-refractivity contribution in [1.82, 2.24) is 9.88 Å². The van der Waals surface area contributed by atoms with Crippen molar-refractivity contribution in [2.45, 2.75) is 18.9 Å². The zero-order chi connectivity index (χ0) is 7.52. The molecule has 0 saturated carbocycles. The molecule has 0 spiro atoms. The van der Waals surface area contributed by atoms with Crippen molar-refractivity contribution in [3.05, 3.63) is 24.5 Å². The molecule has 1 saturated heterocycles. The molecule has 11 heavy (non-hydrogen) atoms. The Morgan fingerprint density at radius 1 is 1.27 bits per heavy atom. The first-order chi connectivity index (χ1) is 5.47. The number of nitrogens with one attached hydrogen (secondary N) is 1. The highest BCUT2D eigenvalue weighted by atomic mass is 15.0. The lowest BCUT2D eigenvalue weighted by Crippen LogP contribution is -2.31. The first-order valence-electron chi connectivity index (χ1n) is 4.30. The van der Waals surface area contributed by atoms with E-state index in [0.717, 1.165) is 6.54 Å². The van der Waals surface area contributed by atoms with Crippen molar-refractivity contribution in [2.24, 2.45) is 0 Å². The summed E-state index contributed by atoms with van der Waals surface area (Å²) in [5.41, 5.74) is 0. The Hall–Kier alpha value is -0.760. The molecule has 0 aromatic carbocycles. The average molecular weight is 150 g/mol. The SMILES string of the molecule is c1ccn([C@@H]2CCCNC2)c1. The van der Waals surface area contributed by atoms with Crippen molar-refractivity contribution in [2.75, 3.05) is 13.1 Å². The topological polar surface area (TPSA) is 17.0 Å². The summed E-state index contributed by atoms with van der Waals surface area (Å²) in [6, 6.07) is 4.88. The molecule has 0 amide bonds. The van der Waals surface area contributed by atoms with Gasteiger partial charge in [0.2, 0.25) is 0 Å². The summed E-state index contributed by atoms with van der Waals surface area (Å²) < 4.78 is 2.30. The third-order valence-corrected chi connectivity index (χ3v) is 2.32. The number of rotatable bonds is 1. The highest BCUT2D eigenvalue weighted by Gasteiger charge is 2.12. The maximum Gasteiger partial charge on any atom is 0.0455 e. The van der Waals surface area contributed by atoms with Crippen LogP contribution in [0.2, 0.25) is 0 Å². The van der Waals surface area contributed by atoms with Crippen molar-refractivity contribution in [3.63, 3.8) is 0 Å². The molecule has 0 bridgehead atoms. The van der Waals surface area contributed by atoms with Gasteiger partial charge in [-0.25, -0.2) is 0 Å². The van der Waals surface area contributed by atoms with Crippen LogP contribution in [0.5, 0.6) is 0 Å². The largest absolute Gasteiger partial charge is 0.350 e. The second-order valence-electron chi connectivity index (χ2n) is 3.13. The second kappa shape index (κ2) is 3.09. The van der Waals surface area contributed by atoms with Gasteiger partial charge in [-0.3, -0.25) is 0 Å². The molecular weight excluding hydrogens is 136 g/mol. The minimum Gasteiger partial charge on any atom is -0.350 e. The first-order valence-corrected chi connectivity index (χ1v) is 4.30. The maximum atomic E-state index is 3.40. The van der Waals surface area contributed by atoms with Gasteiger partial charge in [-0.05, 0) is 31.5 Å². The van der Waals surface area contributed by atoms with E-state index in [1.54, 1.807) is 0 Å². The highest BCUT2D eigenvalue weighted by Crippen LogP contribution is 2.15. The molecule has 0 unspecified atom stereocenters. The van der Waals surface area contributed by atoms with Gasteiger partial charge in [-0.15, -0.1) is 0 Å². The van der Waals surface area contributed by atoms with Crippen LogP contribution < -0.4 is 5.32 Å². The lowest BCUT2D eigenvalue weighted by atomic mass is 10.1. The Kier molecular flexibility index (Phi) is 1.95. The Labute approximate surface area is 67.2 Å². The van der Waals surface area contributed by atoms with Crippen LogP contribution in [-0.4, -0.2) is 17.7 Å². The van der Waals surface area contributed by atoms with Gasteiger partial charge in [0, 0.05) is 25.0 Å². The fraction of sp³-hybridized carbons (Fsp3) is 0.556. The fourth-order valence-corrected chi connectivity index (χ4v) is 1.68. The number of hydrogen-bond donors (Lipinski definition) is 1. The van der Waals surface area contributed by atoms with E-state index in [1.807, 2.05) is 0 Å². The summed E-state index contributed by atoms with van der Waals surface area (Å²) in [5, 5.41) is 3.40. The molecule has 1 N–H and O–H groups in total. The minimum atomic E-state index is 0.693.